The third-order valence-electron chi connectivity index (χ3n) is 2.51. The highest BCUT2D eigenvalue weighted by atomic mass is 16.4. The molecule has 0 radical (unpaired) electrons. The number of hydrogen-bond donors (Lipinski definition) is 2. The first kappa shape index (κ1) is 13.5. The van der Waals surface area contributed by atoms with Crippen molar-refractivity contribution < 1.29 is 19.1 Å². The maximum Gasteiger partial charge on any atom is 0.328 e. The van der Waals surface area contributed by atoms with Crippen LogP contribution in [-0.4, -0.2) is 22.0 Å². The summed E-state index contributed by atoms with van der Waals surface area (Å²) in [5.74, 6) is -0.778. The molecule has 0 saturated heterocycles. The van der Waals surface area contributed by atoms with Gasteiger partial charge in [-0.25, -0.2) is 4.79 Å². The Bertz CT molecular complexity index is 632. The van der Waals surface area contributed by atoms with Crippen molar-refractivity contribution >= 4 is 18.0 Å². The zero-order valence-corrected chi connectivity index (χ0v) is 10.4. The topological polar surface area (TPSA) is 92.4 Å². The minimum atomic E-state index is -1.09. The lowest BCUT2D eigenvalue weighted by atomic mass is 10.1. The maximum atomic E-state index is 12.0. The van der Waals surface area contributed by atoms with Gasteiger partial charge in [-0.15, -0.1) is 0 Å². The van der Waals surface area contributed by atoms with Gasteiger partial charge in [0.15, 0.2) is 0 Å². The van der Waals surface area contributed by atoms with Crippen LogP contribution >= 0.6 is 0 Å². The van der Waals surface area contributed by atoms with Crippen molar-refractivity contribution in [2.45, 2.75) is 6.54 Å². The Labute approximate surface area is 114 Å². The van der Waals surface area contributed by atoms with Gasteiger partial charge in [0.05, 0.1) is 12.8 Å². The average Bonchev–Trinajstić information content (AvgIpc) is 2.96. The highest BCUT2D eigenvalue weighted by molar-refractivity contribution is 5.98. The summed E-state index contributed by atoms with van der Waals surface area (Å²) < 4.78 is 5.11. The number of nitrogens with one attached hydrogen (secondary N) is 1. The molecule has 0 atom stereocenters. The molecule has 102 valence electrons. The molecule has 0 spiro atoms. The molecule has 0 unspecified atom stereocenters. The molecule has 6 nitrogen and oxygen atoms in total. The number of carbonyl (C=O) groups excluding carboxylic acids is 1. The van der Waals surface area contributed by atoms with Gasteiger partial charge in [-0.3, -0.25) is 9.78 Å². The molecular formula is C14H12N2O4. The van der Waals surface area contributed by atoms with E-state index in [9.17, 15) is 9.59 Å². The van der Waals surface area contributed by atoms with Gasteiger partial charge in [-0.2, -0.15) is 0 Å². The van der Waals surface area contributed by atoms with Crippen LogP contribution in [0.1, 0.15) is 21.7 Å². The number of amides is 1. The van der Waals surface area contributed by atoms with Gasteiger partial charge in [0.1, 0.15) is 5.76 Å². The Balaban J connectivity index is 2.11. The van der Waals surface area contributed by atoms with E-state index in [0.717, 1.165) is 6.08 Å². The van der Waals surface area contributed by atoms with E-state index < -0.39 is 5.97 Å². The van der Waals surface area contributed by atoms with E-state index in [-0.39, 0.29) is 12.5 Å². The number of carboxylic acid groups (broad SMARTS) is 1. The first-order valence-corrected chi connectivity index (χ1v) is 5.82. The van der Waals surface area contributed by atoms with Gasteiger partial charge in [-0.1, -0.05) is 0 Å². The lowest BCUT2D eigenvalue weighted by molar-refractivity contribution is -0.131. The van der Waals surface area contributed by atoms with E-state index in [1.807, 2.05) is 0 Å². The molecule has 2 rings (SSSR count). The van der Waals surface area contributed by atoms with E-state index >= 15 is 0 Å². The lowest BCUT2D eigenvalue weighted by Crippen LogP contribution is -2.23. The molecule has 0 saturated carbocycles. The largest absolute Gasteiger partial charge is 0.478 e. The predicted molar refractivity (Wildman–Crippen MR) is 70.8 cm³/mol. The quantitative estimate of drug-likeness (QED) is 0.808. The van der Waals surface area contributed by atoms with Crippen molar-refractivity contribution in [3.63, 3.8) is 0 Å². The third-order valence-corrected chi connectivity index (χ3v) is 2.51. The number of rotatable bonds is 5. The second-order valence-electron chi connectivity index (χ2n) is 3.90. The molecule has 20 heavy (non-hydrogen) atoms. The summed E-state index contributed by atoms with van der Waals surface area (Å²) in [7, 11) is 0. The number of carbonyl (C=O) groups is 2. The maximum absolute atomic E-state index is 12.0. The first-order valence-electron chi connectivity index (χ1n) is 5.82. The minimum absolute atomic E-state index is 0.260. The van der Waals surface area contributed by atoms with Crippen LogP contribution < -0.4 is 5.32 Å². The van der Waals surface area contributed by atoms with E-state index in [1.54, 1.807) is 12.1 Å². The molecule has 1 amide bonds. The summed E-state index contributed by atoms with van der Waals surface area (Å²) in [5, 5.41) is 11.3. The van der Waals surface area contributed by atoms with Crippen LogP contribution in [0.2, 0.25) is 0 Å². The number of hydrogen-bond acceptors (Lipinski definition) is 4. The van der Waals surface area contributed by atoms with Crippen molar-refractivity contribution in [3.8, 4) is 0 Å². The number of aromatic nitrogens is 1. The van der Waals surface area contributed by atoms with Gasteiger partial charge < -0.3 is 14.8 Å². The molecule has 2 aromatic rings. The fourth-order valence-corrected chi connectivity index (χ4v) is 1.58. The van der Waals surface area contributed by atoms with Crippen molar-refractivity contribution in [1.29, 1.82) is 0 Å². The standard InChI is InChI=1S/C14H12N2O4/c17-13(18)4-3-10-8-15-6-5-12(10)14(19)16-9-11-2-1-7-20-11/h1-8H,9H2,(H,16,19)(H,17,18). The van der Waals surface area contributed by atoms with Gasteiger partial charge in [0, 0.05) is 29.6 Å². The molecule has 0 fully saturated rings. The summed E-state index contributed by atoms with van der Waals surface area (Å²) in [4.78, 5) is 26.4. The van der Waals surface area contributed by atoms with E-state index in [1.165, 1.54) is 30.8 Å². The zero-order valence-electron chi connectivity index (χ0n) is 10.4. The van der Waals surface area contributed by atoms with E-state index in [4.69, 9.17) is 9.52 Å². The number of furan rings is 1. The minimum Gasteiger partial charge on any atom is -0.478 e. The van der Waals surface area contributed by atoms with Crippen LogP contribution in [0, 0.1) is 0 Å². The van der Waals surface area contributed by atoms with Gasteiger partial charge >= 0.3 is 5.97 Å². The molecule has 0 aliphatic heterocycles. The molecule has 0 bridgehead atoms. The highest BCUT2D eigenvalue weighted by Crippen LogP contribution is 2.09. The Kier molecular flexibility index (Phi) is 4.28. The van der Waals surface area contributed by atoms with Crippen LogP contribution in [0.3, 0.4) is 0 Å². The summed E-state index contributed by atoms with van der Waals surface area (Å²) in [6.07, 6.45) is 6.72. The predicted octanol–water partition coefficient (Wildman–Crippen LogP) is 1.70. The highest BCUT2D eigenvalue weighted by Gasteiger charge is 2.10. The molecule has 2 N–H and O–H groups in total. The third kappa shape index (κ3) is 3.55. The summed E-state index contributed by atoms with van der Waals surface area (Å²) >= 11 is 0. The van der Waals surface area contributed by atoms with Gasteiger partial charge in [0.25, 0.3) is 5.91 Å². The Morgan fingerprint density at radius 1 is 1.40 bits per heavy atom. The molecule has 2 aromatic heterocycles. The monoisotopic (exact) mass is 272 g/mol. The van der Waals surface area contributed by atoms with Crippen LogP contribution in [0.25, 0.3) is 6.08 Å². The first-order chi connectivity index (χ1) is 9.66. The Hall–Kier alpha value is -2.89. The number of carboxylic acids is 1. The average molecular weight is 272 g/mol. The van der Waals surface area contributed by atoms with Crippen molar-refractivity contribution in [2.24, 2.45) is 0 Å². The van der Waals surface area contributed by atoms with Crippen molar-refractivity contribution in [1.82, 2.24) is 10.3 Å². The summed E-state index contributed by atoms with van der Waals surface area (Å²) in [6, 6.07) is 5.01. The smallest absolute Gasteiger partial charge is 0.328 e. The fourth-order valence-electron chi connectivity index (χ4n) is 1.58. The Morgan fingerprint density at radius 3 is 2.95 bits per heavy atom. The van der Waals surface area contributed by atoms with Gasteiger partial charge in [-0.05, 0) is 24.3 Å². The second-order valence-corrected chi connectivity index (χ2v) is 3.90. The number of pyridine rings is 1. The van der Waals surface area contributed by atoms with Crippen LogP contribution in [0.5, 0.6) is 0 Å². The summed E-state index contributed by atoms with van der Waals surface area (Å²) in [6.45, 7) is 0.260. The van der Waals surface area contributed by atoms with Crippen LogP contribution in [0.4, 0.5) is 0 Å². The molecule has 2 heterocycles. The van der Waals surface area contributed by atoms with Crippen molar-refractivity contribution in [3.05, 3.63) is 59.8 Å². The molecule has 0 aromatic carbocycles. The SMILES string of the molecule is O=C(O)C=Cc1cnccc1C(=O)NCc1ccco1. The van der Waals surface area contributed by atoms with Gasteiger partial charge in [0.2, 0.25) is 0 Å². The zero-order chi connectivity index (χ0) is 14.4. The van der Waals surface area contributed by atoms with Crippen LogP contribution in [0.15, 0.2) is 47.3 Å². The van der Waals surface area contributed by atoms with Crippen molar-refractivity contribution in [2.75, 3.05) is 0 Å². The van der Waals surface area contributed by atoms with E-state index in [0.29, 0.717) is 16.9 Å². The molecule has 0 aliphatic carbocycles. The molecular weight excluding hydrogens is 260 g/mol. The molecule has 0 aliphatic rings. The normalized spacial score (nSPS) is 10.6. The second kappa shape index (κ2) is 6.33. The summed E-state index contributed by atoms with van der Waals surface area (Å²) in [5.41, 5.74) is 0.788. The number of aliphatic carboxylic acids is 1. The number of nitrogens with zero attached hydrogens (tertiary/aromatic N) is 1. The Morgan fingerprint density at radius 2 is 2.25 bits per heavy atom. The fraction of sp³-hybridized carbons (Fsp3) is 0.0714. The lowest BCUT2D eigenvalue weighted by Gasteiger charge is -2.06. The van der Waals surface area contributed by atoms with E-state index in [2.05, 4.69) is 10.3 Å². The van der Waals surface area contributed by atoms with Crippen LogP contribution in [-0.2, 0) is 11.3 Å². The molecule has 6 heteroatoms.